The number of carbonyl (C=O) groups is 2. The number of hydrogen-bond donors (Lipinski definition) is 2. The first-order valence-corrected chi connectivity index (χ1v) is 11.9. The minimum atomic E-state index is -0.406. The van der Waals surface area contributed by atoms with Gasteiger partial charge in [-0.25, -0.2) is 15.0 Å². The van der Waals surface area contributed by atoms with Gasteiger partial charge >= 0.3 is 5.97 Å². The maximum absolute atomic E-state index is 12.3. The van der Waals surface area contributed by atoms with Gasteiger partial charge in [-0.05, 0) is 30.3 Å². The summed E-state index contributed by atoms with van der Waals surface area (Å²) in [6, 6.07) is 9.38. The maximum Gasteiger partial charge on any atom is 0.309 e. The van der Waals surface area contributed by atoms with Gasteiger partial charge in [-0.1, -0.05) is 28.1 Å². The predicted octanol–water partition coefficient (Wildman–Crippen LogP) is 3.29. The summed E-state index contributed by atoms with van der Waals surface area (Å²) < 4.78 is 11.4. The Bertz CT molecular complexity index is 1220. The summed E-state index contributed by atoms with van der Waals surface area (Å²) in [5, 5.41) is 6.65. The fourth-order valence-electron chi connectivity index (χ4n) is 3.43. The molecule has 1 saturated heterocycles. The molecule has 0 atom stereocenters. The minimum absolute atomic E-state index is 0.0101. The zero-order valence-corrected chi connectivity index (χ0v) is 20.5. The number of fused-ring (bicyclic) bond motifs is 1. The quantitative estimate of drug-likeness (QED) is 0.311. The van der Waals surface area contributed by atoms with Crippen molar-refractivity contribution in [3.8, 4) is 0 Å². The van der Waals surface area contributed by atoms with Gasteiger partial charge in [0.1, 0.15) is 24.6 Å². The van der Waals surface area contributed by atoms with Crippen LogP contribution in [0.15, 0.2) is 59.5 Å². The van der Waals surface area contributed by atoms with Crippen LogP contribution in [0.25, 0.3) is 10.9 Å². The summed E-state index contributed by atoms with van der Waals surface area (Å²) in [7, 11) is 0. The van der Waals surface area contributed by atoms with E-state index in [1.165, 1.54) is 18.5 Å². The molecule has 1 fully saturated rings. The highest BCUT2D eigenvalue weighted by atomic mass is 79.9. The lowest BCUT2D eigenvalue weighted by Gasteiger charge is -2.26. The number of anilines is 3. The van der Waals surface area contributed by atoms with Gasteiger partial charge in [0.2, 0.25) is 5.91 Å². The van der Waals surface area contributed by atoms with Gasteiger partial charge in [0.05, 0.1) is 31.3 Å². The summed E-state index contributed by atoms with van der Waals surface area (Å²) in [5.41, 5.74) is 1.48. The molecule has 1 aliphatic heterocycles. The first-order valence-electron chi connectivity index (χ1n) is 11.1. The monoisotopic (exact) mass is 540 g/mol. The van der Waals surface area contributed by atoms with E-state index in [0.717, 1.165) is 23.2 Å². The largest absolute Gasteiger partial charge is 0.464 e. The molecule has 10 nitrogen and oxygen atoms in total. The highest BCUT2D eigenvalue weighted by Gasteiger charge is 2.11. The Labute approximate surface area is 210 Å². The van der Waals surface area contributed by atoms with E-state index in [1.54, 1.807) is 12.3 Å². The molecule has 2 aromatic heterocycles. The van der Waals surface area contributed by atoms with Gasteiger partial charge in [-0.15, -0.1) is 0 Å². The second-order valence-corrected chi connectivity index (χ2v) is 8.63. The van der Waals surface area contributed by atoms with Crippen molar-refractivity contribution in [2.75, 3.05) is 50.1 Å². The van der Waals surface area contributed by atoms with Crippen LogP contribution >= 0.6 is 15.9 Å². The third-order valence-corrected chi connectivity index (χ3v) is 5.68. The molecule has 0 bridgehead atoms. The van der Waals surface area contributed by atoms with Gasteiger partial charge < -0.3 is 20.1 Å². The van der Waals surface area contributed by atoms with E-state index in [9.17, 15) is 9.59 Å². The fraction of sp³-hybridized carbons (Fsp3) is 0.292. The second-order valence-electron chi connectivity index (χ2n) is 7.71. The molecule has 2 N–H and O–H groups in total. The number of esters is 1. The van der Waals surface area contributed by atoms with E-state index in [1.807, 2.05) is 24.3 Å². The average molecular weight is 541 g/mol. The van der Waals surface area contributed by atoms with Crippen LogP contribution in [0, 0.1) is 0 Å². The number of rotatable bonds is 9. The fourth-order valence-corrected chi connectivity index (χ4v) is 3.83. The van der Waals surface area contributed by atoms with Crippen molar-refractivity contribution in [1.82, 2.24) is 19.9 Å². The number of halogens is 1. The van der Waals surface area contributed by atoms with E-state index < -0.39 is 5.91 Å². The van der Waals surface area contributed by atoms with Crippen LogP contribution < -0.4 is 10.6 Å². The third kappa shape index (κ3) is 7.54. The van der Waals surface area contributed by atoms with Crippen LogP contribution in [0.1, 0.15) is 6.42 Å². The van der Waals surface area contributed by atoms with Crippen molar-refractivity contribution in [3.05, 3.63) is 59.5 Å². The van der Waals surface area contributed by atoms with Crippen molar-refractivity contribution in [3.63, 3.8) is 0 Å². The second kappa shape index (κ2) is 12.3. The van der Waals surface area contributed by atoms with Crippen molar-refractivity contribution >= 4 is 56.0 Å². The van der Waals surface area contributed by atoms with Crippen LogP contribution in [0.2, 0.25) is 0 Å². The van der Waals surface area contributed by atoms with Gasteiger partial charge in [0.15, 0.2) is 0 Å². The average Bonchev–Trinajstić information content (AvgIpc) is 2.85. The van der Waals surface area contributed by atoms with Crippen LogP contribution in [0.5, 0.6) is 0 Å². The number of nitrogens with one attached hydrogen (secondary N) is 2. The van der Waals surface area contributed by atoms with E-state index in [4.69, 9.17) is 9.47 Å². The summed E-state index contributed by atoms with van der Waals surface area (Å²) >= 11 is 3.45. The molecule has 1 amide bonds. The number of ether oxygens (including phenoxy) is 2. The molecule has 3 heterocycles. The number of morpholine rings is 1. The number of hydrogen-bond acceptors (Lipinski definition) is 9. The normalized spacial score (nSPS) is 14.2. The molecule has 3 aromatic rings. The molecule has 0 aliphatic carbocycles. The molecule has 1 aliphatic rings. The van der Waals surface area contributed by atoms with Gasteiger partial charge in [0, 0.05) is 35.2 Å². The summed E-state index contributed by atoms with van der Waals surface area (Å²) in [4.78, 5) is 39.2. The highest BCUT2D eigenvalue weighted by Crippen LogP contribution is 2.25. The number of benzene rings is 1. The maximum atomic E-state index is 12.3. The zero-order chi connectivity index (χ0) is 24.5. The summed E-state index contributed by atoms with van der Waals surface area (Å²) in [6.07, 6.45) is 5.78. The van der Waals surface area contributed by atoms with Crippen LogP contribution in [-0.2, 0) is 19.1 Å². The number of pyridine rings is 1. The Morgan fingerprint density at radius 2 is 2.03 bits per heavy atom. The molecule has 0 unspecified atom stereocenters. The van der Waals surface area contributed by atoms with Gasteiger partial charge in [-0.2, -0.15) is 0 Å². The standard InChI is InChI=1S/C24H25BrN6O4/c25-17-3-1-4-18(13-17)29-24-19-14-21(26-15-20(19)27-16-28-24)30-22(32)5-2-6-23(33)35-12-9-31-7-10-34-11-8-31/h1-5,13-16H,6-12H2,(H,26,30,32)(H,27,28,29)/b5-2+. The molecular weight excluding hydrogens is 516 g/mol. The smallest absolute Gasteiger partial charge is 0.309 e. The molecule has 1 aromatic carbocycles. The number of aromatic nitrogens is 3. The van der Waals surface area contributed by atoms with E-state index in [2.05, 4.69) is 46.4 Å². The number of amides is 1. The van der Waals surface area contributed by atoms with Crippen LogP contribution in [-0.4, -0.2) is 71.2 Å². The Kier molecular flexibility index (Phi) is 8.71. The lowest BCUT2D eigenvalue weighted by molar-refractivity contribution is -0.143. The Morgan fingerprint density at radius 1 is 1.17 bits per heavy atom. The van der Waals surface area contributed by atoms with E-state index in [0.29, 0.717) is 48.9 Å². The first-order chi connectivity index (χ1) is 17.1. The van der Waals surface area contributed by atoms with Gasteiger partial charge in [0.25, 0.3) is 0 Å². The van der Waals surface area contributed by atoms with Crippen LogP contribution in [0.3, 0.4) is 0 Å². The molecule has 0 saturated carbocycles. The molecule has 35 heavy (non-hydrogen) atoms. The van der Waals surface area contributed by atoms with E-state index in [-0.39, 0.29) is 12.4 Å². The van der Waals surface area contributed by atoms with E-state index >= 15 is 0 Å². The predicted molar refractivity (Wildman–Crippen MR) is 135 cm³/mol. The zero-order valence-electron chi connectivity index (χ0n) is 18.9. The first kappa shape index (κ1) is 24.7. The summed E-state index contributed by atoms with van der Waals surface area (Å²) in [5.74, 6) is 0.136. The number of nitrogens with zero attached hydrogens (tertiary/aromatic N) is 4. The molecule has 0 spiro atoms. The lowest BCUT2D eigenvalue weighted by atomic mass is 10.2. The molecule has 4 rings (SSSR count). The van der Waals surface area contributed by atoms with Crippen molar-refractivity contribution in [2.45, 2.75) is 6.42 Å². The van der Waals surface area contributed by atoms with Crippen molar-refractivity contribution in [1.29, 1.82) is 0 Å². The molecule has 11 heteroatoms. The van der Waals surface area contributed by atoms with Crippen LogP contribution in [0.4, 0.5) is 17.3 Å². The molecular formula is C24H25BrN6O4. The van der Waals surface area contributed by atoms with Gasteiger partial charge in [-0.3, -0.25) is 14.5 Å². The third-order valence-electron chi connectivity index (χ3n) is 5.19. The summed E-state index contributed by atoms with van der Waals surface area (Å²) in [6.45, 7) is 4.08. The minimum Gasteiger partial charge on any atom is -0.464 e. The van der Waals surface area contributed by atoms with Crippen molar-refractivity contribution in [2.24, 2.45) is 0 Å². The van der Waals surface area contributed by atoms with Crippen molar-refractivity contribution < 1.29 is 19.1 Å². The topological polar surface area (TPSA) is 119 Å². The lowest BCUT2D eigenvalue weighted by Crippen LogP contribution is -2.38. The Hall–Kier alpha value is -3.41. The molecule has 0 radical (unpaired) electrons. The Morgan fingerprint density at radius 3 is 2.86 bits per heavy atom. The highest BCUT2D eigenvalue weighted by molar-refractivity contribution is 9.10. The SMILES string of the molecule is O=C(/C=C/CC(=O)OCCN1CCOCC1)Nc1cc2c(Nc3cccc(Br)c3)ncnc2cn1. The number of carbonyl (C=O) groups excluding carboxylic acids is 2. The Balaban J connectivity index is 1.30. The molecule has 182 valence electrons.